The zero-order chi connectivity index (χ0) is 11.7. The van der Waals surface area contributed by atoms with Gasteiger partial charge in [0, 0.05) is 21.6 Å². The molecule has 0 aliphatic heterocycles. The van der Waals surface area contributed by atoms with Gasteiger partial charge in [0.2, 0.25) is 0 Å². The van der Waals surface area contributed by atoms with E-state index in [0.29, 0.717) is 0 Å². The second kappa shape index (κ2) is 4.29. The normalized spacial score (nSPS) is 10.5. The van der Waals surface area contributed by atoms with Crippen LogP contribution < -0.4 is 9.47 Å². The fourth-order valence-corrected chi connectivity index (χ4v) is 2.11. The quantitative estimate of drug-likeness (QED) is 0.846. The average Bonchev–Trinajstić information content (AvgIpc) is 2.27. The Balaban J connectivity index is 2.87. The van der Waals surface area contributed by atoms with Crippen molar-refractivity contribution in [3.63, 3.8) is 0 Å². The van der Waals surface area contributed by atoms with Crippen LogP contribution >= 0.6 is 15.9 Å². The summed E-state index contributed by atoms with van der Waals surface area (Å²) in [4.78, 5) is 4.47. The number of ether oxygens (including phenoxy) is 2. The molecule has 0 spiro atoms. The van der Waals surface area contributed by atoms with Gasteiger partial charge in [-0.1, -0.05) is 15.9 Å². The number of pyridine rings is 1. The largest absolute Gasteiger partial charge is 0.496 e. The van der Waals surface area contributed by atoms with Crippen molar-refractivity contribution < 1.29 is 9.47 Å². The molecule has 0 bridgehead atoms. The van der Waals surface area contributed by atoms with Crippen LogP contribution in [0.3, 0.4) is 0 Å². The van der Waals surface area contributed by atoms with E-state index in [-0.39, 0.29) is 0 Å². The Morgan fingerprint density at radius 2 is 1.75 bits per heavy atom. The second-order valence-corrected chi connectivity index (χ2v) is 4.39. The highest BCUT2D eigenvalue weighted by Crippen LogP contribution is 2.34. The van der Waals surface area contributed by atoms with E-state index in [1.165, 1.54) is 0 Å². The van der Waals surface area contributed by atoms with E-state index in [9.17, 15) is 0 Å². The topological polar surface area (TPSA) is 31.4 Å². The Hall–Kier alpha value is -1.29. The molecule has 0 N–H and O–H groups in total. The number of rotatable bonds is 2. The Bertz CT molecular complexity index is 491. The molecule has 4 heteroatoms. The van der Waals surface area contributed by atoms with Crippen molar-refractivity contribution in [2.45, 2.75) is 6.92 Å². The molecule has 84 valence electrons. The van der Waals surface area contributed by atoms with Gasteiger partial charge in [-0.25, -0.2) is 4.98 Å². The Morgan fingerprint density at radius 3 is 2.38 bits per heavy atom. The van der Waals surface area contributed by atoms with E-state index in [1.54, 1.807) is 14.2 Å². The first-order valence-electron chi connectivity index (χ1n) is 4.84. The van der Waals surface area contributed by atoms with Crippen molar-refractivity contribution in [2.24, 2.45) is 0 Å². The summed E-state index contributed by atoms with van der Waals surface area (Å²) < 4.78 is 11.6. The van der Waals surface area contributed by atoms with E-state index in [2.05, 4.69) is 20.9 Å². The summed E-state index contributed by atoms with van der Waals surface area (Å²) in [6, 6.07) is 5.78. The molecule has 2 aromatic rings. The second-order valence-electron chi connectivity index (χ2n) is 3.47. The predicted molar refractivity (Wildman–Crippen MR) is 67.3 cm³/mol. The standard InChI is InChI=1S/C12H12BrNO2/c1-7-4-10(15-2)9-5-8(13)6-11(16-3)12(9)14-7/h4-6H,1-3H3. The highest BCUT2D eigenvalue weighted by Gasteiger charge is 2.10. The smallest absolute Gasteiger partial charge is 0.146 e. The van der Waals surface area contributed by atoms with Gasteiger partial charge < -0.3 is 9.47 Å². The summed E-state index contributed by atoms with van der Waals surface area (Å²) >= 11 is 3.44. The van der Waals surface area contributed by atoms with E-state index >= 15 is 0 Å². The maximum absolute atomic E-state index is 5.35. The van der Waals surface area contributed by atoms with Crippen molar-refractivity contribution in [2.75, 3.05) is 14.2 Å². The molecule has 1 heterocycles. The van der Waals surface area contributed by atoms with Crippen LogP contribution in [0, 0.1) is 6.92 Å². The number of aromatic nitrogens is 1. The van der Waals surface area contributed by atoms with Crippen molar-refractivity contribution in [3.8, 4) is 11.5 Å². The van der Waals surface area contributed by atoms with Crippen molar-refractivity contribution in [3.05, 3.63) is 28.4 Å². The first-order chi connectivity index (χ1) is 7.65. The summed E-state index contributed by atoms with van der Waals surface area (Å²) in [6.45, 7) is 1.93. The van der Waals surface area contributed by atoms with Gasteiger partial charge in [0.05, 0.1) is 14.2 Å². The number of hydrogen-bond acceptors (Lipinski definition) is 3. The first kappa shape index (κ1) is 11.2. The molecule has 0 aliphatic rings. The minimum Gasteiger partial charge on any atom is -0.496 e. The maximum atomic E-state index is 5.35. The molecule has 0 fully saturated rings. The van der Waals surface area contributed by atoms with Crippen LogP contribution in [0.15, 0.2) is 22.7 Å². The Kier molecular flexibility index (Phi) is 3.01. The molecule has 2 rings (SSSR count). The first-order valence-corrected chi connectivity index (χ1v) is 5.64. The van der Waals surface area contributed by atoms with Gasteiger partial charge in [-0.15, -0.1) is 0 Å². The van der Waals surface area contributed by atoms with Gasteiger partial charge in [0.1, 0.15) is 17.0 Å². The fraction of sp³-hybridized carbons (Fsp3) is 0.250. The minimum absolute atomic E-state index is 0.742. The number of hydrogen-bond donors (Lipinski definition) is 0. The molecule has 3 nitrogen and oxygen atoms in total. The predicted octanol–water partition coefficient (Wildman–Crippen LogP) is 3.32. The minimum atomic E-state index is 0.742. The number of benzene rings is 1. The summed E-state index contributed by atoms with van der Waals surface area (Å²) in [7, 11) is 3.29. The zero-order valence-corrected chi connectivity index (χ0v) is 11.0. The number of fused-ring (bicyclic) bond motifs is 1. The van der Waals surface area contributed by atoms with Crippen LogP contribution in [0.5, 0.6) is 11.5 Å². The molecule has 0 atom stereocenters. The highest BCUT2D eigenvalue weighted by atomic mass is 79.9. The molecule has 16 heavy (non-hydrogen) atoms. The molecule has 1 aromatic heterocycles. The Labute approximate surface area is 103 Å². The lowest BCUT2D eigenvalue weighted by atomic mass is 10.1. The molecule has 0 unspecified atom stereocenters. The molecule has 0 amide bonds. The van der Waals surface area contributed by atoms with E-state index in [4.69, 9.17) is 9.47 Å². The molecule has 1 aromatic carbocycles. The van der Waals surface area contributed by atoms with E-state index < -0.39 is 0 Å². The molecule has 0 aliphatic carbocycles. The van der Waals surface area contributed by atoms with Crippen molar-refractivity contribution in [1.29, 1.82) is 0 Å². The van der Waals surface area contributed by atoms with Gasteiger partial charge in [0.15, 0.2) is 0 Å². The lowest BCUT2D eigenvalue weighted by Crippen LogP contribution is -1.93. The molecular formula is C12H12BrNO2. The maximum Gasteiger partial charge on any atom is 0.146 e. The molecule has 0 saturated heterocycles. The Morgan fingerprint density at radius 1 is 1.06 bits per heavy atom. The SMILES string of the molecule is COc1cc(C)nc2c(OC)cc(Br)cc12. The highest BCUT2D eigenvalue weighted by molar-refractivity contribution is 9.10. The fourth-order valence-electron chi connectivity index (χ4n) is 1.68. The van der Waals surface area contributed by atoms with Crippen molar-refractivity contribution in [1.82, 2.24) is 4.98 Å². The summed E-state index contributed by atoms with van der Waals surface area (Å²) in [5, 5.41) is 0.944. The van der Waals surface area contributed by atoms with Crippen LogP contribution in [0.25, 0.3) is 10.9 Å². The van der Waals surface area contributed by atoms with Gasteiger partial charge in [-0.3, -0.25) is 0 Å². The average molecular weight is 282 g/mol. The van der Waals surface area contributed by atoms with Crippen molar-refractivity contribution >= 4 is 26.8 Å². The summed E-state index contributed by atoms with van der Waals surface area (Å²) in [5.41, 5.74) is 1.73. The third-order valence-electron chi connectivity index (χ3n) is 2.37. The lowest BCUT2D eigenvalue weighted by molar-refractivity contribution is 0.413. The molecule has 0 saturated carbocycles. The number of methoxy groups -OCH3 is 2. The lowest BCUT2D eigenvalue weighted by Gasteiger charge is -2.10. The van der Waals surface area contributed by atoms with Crippen LogP contribution in [-0.4, -0.2) is 19.2 Å². The van der Waals surface area contributed by atoms with Crippen LogP contribution in [0.4, 0.5) is 0 Å². The number of nitrogens with zero attached hydrogens (tertiary/aromatic N) is 1. The van der Waals surface area contributed by atoms with Crippen LogP contribution in [-0.2, 0) is 0 Å². The van der Waals surface area contributed by atoms with E-state index in [1.807, 2.05) is 25.1 Å². The van der Waals surface area contributed by atoms with E-state index in [0.717, 1.165) is 32.6 Å². The zero-order valence-electron chi connectivity index (χ0n) is 9.37. The number of aryl methyl sites for hydroxylation is 1. The van der Waals surface area contributed by atoms with Crippen LogP contribution in [0.2, 0.25) is 0 Å². The summed E-state index contributed by atoms with van der Waals surface area (Å²) in [5.74, 6) is 1.55. The monoisotopic (exact) mass is 281 g/mol. The van der Waals surface area contributed by atoms with Gasteiger partial charge in [-0.2, -0.15) is 0 Å². The third-order valence-corrected chi connectivity index (χ3v) is 2.83. The molecular weight excluding hydrogens is 270 g/mol. The van der Waals surface area contributed by atoms with Gasteiger partial charge in [0.25, 0.3) is 0 Å². The third kappa shape index (κ3) is 1.85. The summed E-state index contributed by atoms with van der Waals surface area (Å²) in [6.07, 6.45) is 0. The van der Waals surface area contributed by atoms with Crippen LogP contribution in [0.1, 0.15) is 5.69 Å². The number of halogens is 1. The molecule has 0 radical (unpaired) electrons. The van der Waals surface area contributed by atoms with Gasteiger partial charge >= 0.3 is 0 Å². The van der Waals surface area contributed by atoms with Gasteiger partial charge in [-0.05, 0) is 19.1 Å².